The summed E-state index contributed by atoms with van der Waals surface area (Å²) in [7, 11) is 0. The van der Waals surface area contributed by atoms with Crippen LogP contribution in [0.25, 0.3) is 0 Å². The van der Waals surface area contributed by atoms with Gasteiger partial charge in [-0.05, 0) is 56.7 Å². The van der Waals surface area contributed by atoms with Crippen LogP contribution in [0.1, 0.15) is 37.5 Å². The number of rotatable bonds is 7. The lowest BCUT2D eigenvalue weighted by molar-refractivity contribution is 0.435. The van der Waals surface area contributed by atoms with Gasteiger partial charge in [0, 0.05) is 10.9 Å². The van der Waals surface area contributed by atoms with Crippen molar-refractivity contribution in [1.29, 1.82) is 0 Å². The van der Waals surface area contributed by atoms with E-state index in [1.807, 2.05) is 6.07 Å². The van der Waals surface area contributed by atoms with E-state index < -0.39 is 0 Å². The number of thiophene rings is 1. The van der Waals surface area contributed by atoms with E-state index in [9.17, 15) is 0 Å². The van der Waals surface area contributed by atoms with Gasteiger partial charge >= 0.3 is 0 Å². The molecular weight excluding hydrogens is 238 g/mol. The van der Waals surface area contributed by atoms with Crippen molar-refractivity contribution in [1.82, 2.24) is 5.32 Å². The van der Waals surface area contributed by atoms with Crippen molar-refractivity contribution in [3.63, 3.8) is 0 Å². The van der Waals surface area contributed by atoms with Crippen molar-refractivity contribution in [2.24, 2.45) is 5.92 Å². The summed E-state index contributed by atoms with van der Waals surface area (Å²) in [5.74, 6) is 0.965. The van der Waals surface area contributed by atoms with Crippen molar-refractivity contribution >= 4 is 22.9 Å². The lowest BCUT2D eigenvalue weighted by Crippen LogP contribution is -2.30. The maximum absolute atomic E-state index is 5.92. The zero-order valence-corrected chi connectivity index (χ0v) is 11.4. The standard InChI is InChI=1S/C13H20ClNS/c1-2-15-12(10-6-7-10)5-3-4-11-8-9-13(14)16-11/h8-10,12,15H,2-7H2,1H3. The predicted octanol–water partition coefficient (Wildman–Crippen LogP) is 4.11. The Bertz CT molecular complexity index is 319. The van der Waals surface area contributed by atoms with E-state index in [1.54, 1.807) is 11.3 Å². The van der Waals surface area contributed by atoms with Gasteiger partial charge < -0.3 is 5.32 Å². The first-order valence-electron chi connectivity index (χ1n) is 6.27. The van der Waals surface area contributed by atoms with Gasteiger partial charge in [-0.1, -0.05) is 18.5 Å². The minimum atomic E-state index is 0.764. The molecule has 0 amide bonds. The Morgan fingerprint density at radius 2 is 2.31 bits per heavy atom. The molecule has 1 N–H and O–H groups in total. The highest BCUT2D eigenvalue weighted by Crippen LogP contribution is 2.34. The summed E-state index contributed by atoms with van der Waals surface area (Å²) in [5.41, 5.74) is 0. The van der Waals surface area contributed by atoms with Gasteiger partial charge in [-0.3, -0.25) is 0 Å². The molecular formula is C13H20ClNS. The molecule has 0 spiro atoms. The molecule has 1 nitrogen and oxygen atoms in total. The molecule has 16 heavy (non-hydrogen) atoms. The lowest BCUT2D eigenvalue weighted by atomic mass is 10.0. The minimum absolute atomic E-state index is 0.764. The van der Waals surface area contributed by atoms with Gasteiger partial charge in [-0.2, -0.15) is 0 Å². The fourth-order valence-corrected chi connectivity index (χ4v) is 3.38. The number of hydrogen-bond donors (Lipinski definition) is 1. The first-order valence-corrected chi connectivity index (χ1v) is 7.46. The van der Waals surface area contributed by atoms with Crippen LogP contribution < -0.4 is 5.32 Å². The summed E-state index contributed by atoms with van der Waals surface area (Å²) < 4.78 is 0.917. The fraction of sp³-hybridized carbons (Fsp3) is 0.692. The summed E-state index contributed by atoms with van der Waals surface area (Å²) >= 11 is 7.64. The predicted molar refractivity (Wildman–Crippen MR) is 72.5 cm³/mol. The third-order valence-corrected chi connectivity index (χ3v) is 4.52. The van der Waals surface area contributed by atoms with Crippen LogP contribution in [0.5, 0.6) is 0 Å². The second kappa shape index (κ2) is 6.04. The first-order chi connectivity index (χ1) is 7.79. The quantitative estimate of drug-likeness (QED) is 0.775. The smallest absolute Gasteiger partial charge is 0.0931 e. The Morgan fingerprint density at radius 3 is 2.88 bits per heavy atom. The van der Waals surface area contributed by atoms with Crippen LogP contribution in [0.15, 0.2) is 12.1 Å². The molecule has 1 fully saturated rings. The maximum atomic E-state index is 5.92. The van der Waals surface area contributed by atoms with Crippen molar-refractivity contribution in [3.8, 4) is 0 Å². The minimum Gasteiger partial charge on any atom is -0.314 e. The van der Waals surface area contributed by atoms with Gasteiger partial charge in [0.25, 0.3) is 0 Å². The molecule has 0 aromatic carbocycles. The second-order valence-electron chi connectivity index (χ2n) is 4.60. The van der Waals surface area contributed by atoms with E-state index >= 15 is 0 Å². The van der Waals surface area contributed by atoms with Gasteiger partial charge in [0.15, 0.2) is 0 Å². The third kappa shape index (κ3) is 3.76. The van der Waals surface area contributed by atoms with Crippen LogP contribution >= 0.6 is 22.9 Å². The Labute approximate surface area is 107 Å². The largest absolute Gasteiger partial charge is 0.314 e. The van der Waals surface area contributed by atoms with E-state index in [0.717, 1.165) is 22.8 Å². The van der Waals surface area contributed by atoms with Crippen LogP contribution in [0.3, 0.4) is 0 Å². The SMILES string of the molecule is CCNC(CCCc1ccc(Cl)s1)C1CC1. The molecule has 1 atom stereocenters. The molecule has 1 saturated carbocycles. The molecule has 0 radical (unpaired) electrons. The summed E-state index contributed by atoms with van der Waals surface area (Å²) in [6.45, 7) is 3.31. The van der Waals surface area contributed by atoms with Gasteiger partial charge in [-0.25, -0.2) is 0 Å². The highest BCUT2D eigenvalue weighted by Gasteiger charge is 2.29. The average molecular weight is 258 g/mol. The molecule has 1 heterocycles. The summed E-state index contributed by atoms with van der Waals surface area (Å²) in [6, 6.07) is 4.93. The lowest BCUT2D eigenvalue weighted by Gasteiger charge is -2.16. The van der Waals surface area contributed by atoms with E-state index in [1.165, 1.54) is 37.0 Å². The Balaban J connectivity index is 1.69. The van der Waals surface area contributed by atoms with E-state index in [-0.39, 0.29) is 0 Å². The van der Waals surface area contributed by atoms with Crippen LogP contribution in [0, 0.1) is 5.92 Å². The summed E-state index contributed by atoms with van der Waals surface area (Å²) in [5, 5.41) is 3.61. The monoisotopic (exact) mass is 257 g/mol. The fourth-order valence-electron chi connectivity index (χ4n) is 2.25. The van der Waals surface area contributed by atoms with Crippen LogP contribution in [0.2, 0.25) is 4.34 Å². The zero-order chi connectivity index (χ0) is 11.4. The Hall–Kier alpha value is -0.0500. The molecule has 1 aromatic heterocycles. The molecule has 3 heteroatoms. The van der Waals surface area contributed by atoms with Crippen molar-refractivity contribution in [3.05, 3.63) is 21.3 Å². The summed E-state index contributed by atoms with van der Waals surface area (Å²) in [6.07, 6.45) is 6.65. The number of nitrogens with one attached hydrogen (secondary N) is 1. The maximum Gasteiger partial charge on any atom is 0.0931 e. The van der Waals surface area contributed by atoms with Crippen molar-refractivity contribution < 1.29 is 0 Å². The molecule has 0 saturated heterocycles. The van der Waals surface area contributed by atoms with E-state index in [0.29, 0.717) is 0 Å². The third-order valence-electron chi connectivity index (χ3n) is 3.22. The average Bonchev–Trinajstić information content (AvgIpc) is 3.02. The van der Waals surface area contributed by atoms with Crippen molar-refractivity contribution in [2.45, 2.75) is 45.1 Å². The van der Waals surface area contributed by atoms with Gasteiger partial charge in [0.2, 0.25) is 0 Å². The normalized spacial score (nSPS) is 17.6. The Kier molecular flexibility index (Phi) is 4.68. The molecule has 0 aliphatic heterocycles. The highest BCUT2D eigenvalue weighted by atomic mass is 35.5. The van der Waals surface area contributed by atoms with Crippen LogP contribution in [-0.4, -0.2) is 12.6 Å². The number of halogens is 1. The first kappa shape index (κ1) is 12.4. The zero-order valence-electron chi connectivity index (χ0n) is 9.84. The molecule has 2 rings (SSSR count). The summed E-state index contributed by atoms with van der Waals surface area (Å²) in [4.78, 5) is 1.43. The number of aryl methyl sites for hydroxylation is 1. The highest BCUT2D eigenvalue weighted by molar-refractivity contribution is 7.16. The molecule has 1 aliphatic rings. The molecule has 0 bridgehead atoms. The second-order valence-corrected chi connectivity index (χ2v) is 6.40. The van der Waals surface area contributed by atoms with Gasteiger partial charge in [-0.15, -0.1) is 11.3 Å². The van der Waals surface area contributed by atoms with E-state index in [2.05, 4.69) is 18.3 Å². The molecule has 1 aliphatic carbocycles. The number of hydrogen-bond acceptors (Lipinski definition) is 2. The van der Waals surface area contributed by atoms with Crippen LogP contribution in [-0.2, 0) is 6.42 Å². The topological polar surface area (TPSA) is 12.0 Å². The Morgan fingerprint density at radius 1 is 1.50 bits per heavy atom. The molecule has 90 valence electrons. The van der Waals surface area contributed by atoms with Gasteiger partial charge in [0.05, 0.1) is 4.34 Å². The molecule has 1 unspecified atom stereocenters. The van der Waals surface area contributed by atoms with Crippen molar-refractivity contribution in [2.75, 3.05) is 6.54 Å². The van der Waals surface area contributed by atoms with Gasteiger partial charge in [0.1, 0.15) is 0 Å². The van der Waals surface area contributed by atoms with E-state index in [4.69, 9.17) is 11.6 Å². The molecule has 1 aromatic rings. The van der Waals surface area contributed by atoms with Crippen LogP contribution in [0.4, 0.5) is 0 Å².